The van der Waals surface area contributed by atoms with E-state index < -0.39 is 0 Å². The maximum absolute atomic E-state index is 12.3. The Morgan fingerprint density at radius 2 is 1.84 bits per heavy atom. The van der Waals surface area contributed by atoms with E-state index in [0.29, 0.717) is 24.7 Å². The number of hydrogen-bond acceptors (Lipinski definition) is 4. The smallest absolute Gasteiger partial charge is 0.321 e. The summed E-state index contributed by atoms with van der Waals surface area (Å²) < 4.78 is 5.27. The first-order valence-corrected chi connectivity index (χ1v) is 8.09. The van der Waals surface area contributed by atoms with Gasteiger partial charge in [0.2, 0.25) is 0 Å². The molecule has 6 nitrogen and oxygen atoms in total. The minimum Gasteiger partial charge on any atom is -0.334 e. The van der Waals surface area contributed by atoms with Crippen LogP contribution in [0.4, 0.5) is 10.5 Å². The molecule has 6 heteroatoms. The van der Waals surface area contributed by atoms with Crippen LogP contribution in [0.2, 0.25) is 0 Å². The maximum atomic E-state index is 12.3. The van der Waals surface area contributed by atoms with Crippen LogP contribution in [0, 0.1) is 6.92 Å². The van der Waals surface area contributed by atoms with Gasteiger partial charge in [-0.2, -0.15) is 4.98 Å². The Morgan fingerprint density at radius 3 is 2.60 bits per heavy atom. The van der Waals surface area contributed by atoms with E-state index in [9.17, 15) is 4.79 Å². The van der Waals surface area contributed by atoms with E-state index in [-0.39, 0.29) is 6.03 Å². The second kappa shape index (κ2) is 7.61. The average Bonchev–Trinajstić information content (AvgIpc) is 3.11. The number of likely N-dealkylation sites (N-methyl/N-ethyl adjacent to an activating group) is 1. The summed E-state index contributed by atoms with van der Waals surface area (Å²) in [5.74, 6) is 1.07. The molecule has 0 atom stereocenters. The van der Waals surface area contributed by atoms with Gasteiger partial charge in [0.25, 0.3) is 5.89 Å². The van der Waals surface area contributed by atoms with E-state index in [1.807, 2.05) is 61.5 Å². The van der Waals surface area contributed by atoms with Crippen molar-refractivity contribution in [1.82, 2.24) is 15.0 Å². The molecule has 2 aromatic carbocycles. The standard InChI is InChI=1S/C19H20N4O2/c1-14-8-6-7-11-16(14)20-19(24)23(2)13-12-17-21-18(25-22-17)15-9-4-3-5-10-15/h3-11H,12-13H2,1-2H3,(H,20,24). The predicted octanol–water partition coefficient (Wildman–Crippen LogP) is 3.75. The molecule has 0 fully saturated rings. The zero-order valence-electron chi connectivity index (χ0n) is 14.3. The Morgan fingerprint density at radius 1 is 1.12 bits per heavy atom. The van der Waals surface area contributed by atoms with Gasteiger partial charge in [0.1, 0.15) is 0 Å². The van der Waals surface area contributed by atoms with Crippen molar-refractivity contribution in [2.75, 3.05) is 18.9 Å². The van der Waals surface area contributed by atoms with Gasteiger partial charge in [0.15, 0.2) is 5.82 Å². The number of aryl methyl sites for hydroxylation is 1. The minimum atomic E-state index is -0.166. The lowest BCUT2D eigenvalue weighted by Gasteiger charge is -2.18. The molecule has 0 aliphatic carbocycles. The second-order valence-corrected chi connectivity index (χ2v) is 5.80. The maximum Gasteiger partial charge on any atom is 0.321 e. The van der Waals surface area contributed by atoms with Gasteiger partial charge in [0, 0.05) is 31.3 Å². The van der Waals surface area contributed by atoms with Crippen LogP contribution >= 0.6 is 0 Å². The number of carbonyl (C=O) groups excluding carboxylic acids is 1. The van der Waals surface area contributed by atoms with Crippen LogP contribution in [0.25, 0.3) is 11.5 Å². The van der Waals surface area contributed by atoms with Crippen molar-refractivity contribution in [3.8, 4) is 11.5 Å². The summed E-state index contributed by atoms with van der Waals surface area (Å²) in [7, 11) is 1.74. The number of rotatable bonds is 5. The highest BCUT2D eigenvalue weighted by molar-refractivity contribution is 5.89. The number of amides is 2. The van der Waals surface area contributed by atoms with Crippen LogP contribution in [-0.4, -0.2) is 34.7 Å². The van der Waals surface area contributed by atoms with Crippen LogP contribution in [0.1, 0.15) is 11.4 Å². The molecule has 0 radical (unpaired) electrons. The fourth-order valence-electron chi connectivity index (χ4n) is 2.35. The van der Waals surface area contributed by atoms with Crippen molar-refractivity contribution in [3.63, 3.8) is 0 Å². The van der Waals surface area contributed by atoms with Crippen LogP contribution < -0.4 is 5.32 Å². The summed E-state index contributed by atoms with van der Waals surface area (Å²) in [5.41, 5.74) is 2.71. The third-order valence-electron chi connectivity index (χ3n) is 3.89. The predicted molar refractivity (Wildman–Crippen MR) is 96.3 cm³/mol. The fourth-order valence-corrected chi connectivity index (χ4v) is 2.35. The number of aromatic nitrogens is 2. The van der Waals surface area contributed by atoms with Crippen molar-refractivity contribution in [2.24, 2.45) is 0 Å². The Kier molecular flexibility index (Phi) is 5.09. The van der Waals surface area contributed by atoms with E-state index in [4.69, 9.17) is 4.52 Å². The summed E-state index contributed by atoms with van der Waals surface area (Å²) in [6.45, 7) is 2.45. The Balaban J connectivity index is 1.55. The van der Waals surface area contributed by atoms with Gasteiger partial charge in [-0.3, -0.25) is 0 Å². The Bertz CT molecular complexity index is 845. The van der Waals surface area contributed by atoms with Crippen molar-refractivity contribution in [1.29, 1.82) is 0 Å². The number of nitrogens with zero attached hydrogens (tertiary/aromatic N) is 3. The first-order chi connectivity index (χ1) is 12.1. The van der Waals surface area contributed by atoms with E-state index in [0.717, 1.165) is 16.8 Å². The summed E-state index contributed by atoms with van der Waals surface area (Å²) in [6, 6.07) is 17.1. The van der Waals surface area contributed by atoms with Gasteiger partial charge >= 0.3 is 6.03 Å². The minimum absolute atomic E-state index is 0.166. The molecule has 3 aromatic rings. The molecule has 2 amide bonds. The van der Waals surface area contributed by atoms with Gasteiger partial charge in [-0.15, -0.1) is 0 Å². The lowest BCUT2D eigenvalue weighted by Crippen LogP contribution is -2.33. The number of hydrogen-bond donors (Lipinski definition) is 1. The fraction of sp³-hybridized carbons (Fsp3) is 0.211. The average molecular weight is 336 g/mol. The summed E-state index contributed by atoms with van der Waals surface area (Å²) >= 11 is 0. The quantitative estimate of drug-likeness (QED) is 0.770. The summed E-state index contributed by atoms with van der Waals surface area (Å²) in [4.78, 5) is 18.2. The molecule has 0 bridgehead atoms. The third-order valence-corrected chi connectivity index (χ3v) is 3.89. The van der Waals surface area contributed by atoms with Crippen LogP contribution in [0.3, 0.4) is 0 Å². The Hall–Kier alpha value is -3.15. The zero-order valence-corrected chi connectivity index (χ0v) is 14.3. The molecule has 128 valence electrons. The van der Waals surface area contributed by atoms with Crippen LogP contribution in [0.5, 0.6) is 0 Å². The molecule has 3 rings (SSSR count). The van der Waals surface area contributed by atoms with Gasteiger partial charge < -0.3 is 14.7 Å². The Labute approximate surface area is 146 Å². The monoisotopic (exact) mass is 336 g/mol. The van der Waals surface area contributed by atoms with Crippen LogP contribution in [0.15, 0.2) is 59.1 Å². The van der Waals surface area contributed by atoms with E-state index in [2.05, 4.69) is 15.5 Å². The molecule has 0 unspecified atom stereocenters. The molecule has 1 heterocycles. The van der Waals surface area contributed by atoms with E-state index in [1.54, 1.807) is 11.9 Å². The van der Waals surface area contributed by atoms with Crippen LogP contribution in [-0.2, 0) is 6.42 Å². The largest absolute Gasteiger partial charge is 0.334 e. The van der Waals surface area contributed by atoms with Gasteiger partial charge in [0.05, 0.1) is 0 Å². The van der Waals surface area contributed by atoms with Crippen molar-refractivity contribution >= 4 is 11.7 Å². The van der Waals surface area contributed by atoms with Crippen molar-refractivity contribution in [2.45, 2.75) is 13.3 Å². The number of para-hydroxylation sites is 1. The van der Waals surface area contributed by atoms with E-state index >= 15 is 0 Å². The molecular formula is C19H20N4O2. The molecule has 25 heavy (non-hydrogen) atoms. The molecule has 0 aliphatic rings. The summed E-state index contributed by atoms with van der Waals surface area (Å²) in [5, 5.41) is 6.88. The third kappa shape index (κ3) is 4.23. The number of nitrogens with one attached hydrogen (secondary N) is 1. The van der Waals surface area contributed by atoms with Gasteiger partial charge in [-0.05, 0) is 30.7 Å². The first-order valence-electron chi connectivity index (χ1n) is 8.09. The van der Waals surface area contributed by atoms with Crippen molar-refractivity contribution < 1.29 is 9.32 Å². The number of carbonyl (C=O) groups is 1. The highest BCUT2D eigenvalue weighted by atomic mass is 16.5. The molecule has 1 aromatic heterocycles. The molecule has 0 spiro atoms. The number of anilines is 1. The summed E-state index contributed by atoms with van der Waals surface area (Å²) in [6.07, 6.45) is 0.522. The topological polar surface area (TPSA) is 71.3 Å². The molecule has 0 saturated carbocycles. The highest BCUT2D eigenvalue weighted by Crippen LogP contribution is 2.16. The molecule has 0 saturated heterocycles. The normalized spacial score (nSPS) is 10.5. The molecule has 1 N–H and O–H groups in total. The number of urea groups is 1. The second-order valence-electron chi connectivity index (χ2n) is 5.80. The van der Waals surface area contributed by atoms with Gasteiger partial charge in [-0.1, -0.05) is 41.6 Å². The SMILES string of the molecule is Cc1ccccc1NC(=O)N(C)CCc1noc(-c2ccccc2)n1. The molecular weight excluding hydrogens is 316 g/mol. The van der Waals surface area contributed by atoms with E-state index in [1.165, 1.54) is 0 Å². The lowest BCUT2D eigenvalue weighted by molar-refractivity contribution is 0.222. The van der Waals surface area contributed by atoms with Crippen molar-refractivity contribution in [3.05, 3.63) is 66.0 Å². The van der Waals surface area contributed by atoms with Gasteiger partial charge in [-0.25, -0.2) is 4.79 Å². The number of benzene rings is 2. The highest BCUT2D eigenvalue weighted by Gasteiger charge is 2.13. The zero-order chi connectivity index (χ0) is 17.6. The molecule has 0 aliphatic heterocycles. The first kappa shape index (κ1) is 16.7. The lowest BCUT2D eigenvalue weighted by atomic mass is 10.2.